The summed E-state index contributed by atoms with van der Waals surface area (Å²) in [7, 11) is 4.19. The second kappa shape index (κ2) is 4.96. The Hall–Kier alpha value is -1.97. The molecule has 0 aliphatic carbocycles. The molecule has 0 bridgehead atoms. The number of benzene rings is 1. The van der Waals surface area contributed by atoms with Crippen LogP contribution in [0.1, 0.15) is 17.8 Å². The average molecular weight is 256 g/mol. The minimum absolute atomic E-state index is 0.762. The third-order valence-corrected chi connectivity index (χ3v) is 3.80. The lowest BCUT2D eigenvalue weighted by molar-refractivity contribution is 0.744. The molecule has 3 rings (SSSR count). The molecule has 0 radical (unpaired) electrons. The van der Waals surface area contributed by atoms with Crippen LogP contribution in [0.15, 0.2) is 30.6 Å². The van der Waals surface area contributed by atoms with Gasteiger partial charge >= 0.3 is 0 Å². The van der Waals surface area contributed by atoms with E-state index >= 15 is 0 Å². The van der Waals surface area contributed by atoms with Gasteiger partial charge in [-0.3, -0.25) is 0 Å². The Morgan fingerprint density at radius 2 is 2.21 bits per heavy atom. The van der Waals surface area contributed by atoms with Crippen molar-refractivity contribution in [3.05, 3.63) is 42.0 Å². The maximum Gasteiger partial charge on any atom is 0.127 e. The highest BCUT2D eigenvalue weighted by Gasteiger charge is 2.13. The Morgan fingerprint density at radius 3 is 3.00 bits per heavy atom. The highest BCUT2D eigenvalue weighted by atomic mass is 15.1. The number of nitrogens with one attached hydrogen (secondary N) is 1. The monoisotopic (exact) mass is 256 g/mol. The van der Waals surface area contributed by atoms with Gasteiger partial charge in [0.1, 0.15) is 5.82 Å². The molecule has 0 atom stereocenters. The maximum absolute atomic E-state index is 4.32. The number of nitrogens with zero attached hydrogens (tertiary/aromatic N) is 3. The van der Waals surface area contributed by atoms with Gasteiger partial charge in [0.05, 0.1) is 6.54 Å². The number of aryl methyl sites for hydroxylation is 2. The van der Waals surface area contributed by atoms with Gasteiger partial charge in [-0.2, -0.15) is 0 Å². The molecule has 2 aromatic rings. The number of imidazole rings is 1. The Balaban J connectivity index is 1.74. The molecule has 19 heavy (non-hydrogen) atoms. The van der Waals surface area contributed by atoms with Crippen molar-refractivity contribution in [2.24, 2.45) is 7.05 Å². The normalized spacial score (nSPS) is 14.3. The third kappa shape index (κ3) is 2.43. The van der Waals surface area contributed by atoms with Crippen molar-refractivity contribution in [2.75, 3.05) is 23.8 Å². The second-order valence-corrected chi connectivity index (χ2v) is 5.18. The van der Waals surface area contributed by atoms with Crippen molar-refractivity contribution in [3.63, 3.8) is 0 Å². The average Bonchev–Trinajstić information content (AvgIpc) is 2.82. The van der Waals surface area contributed by atoms with E-state index in [0.29, 0.717) is 0 Å². The summed E-state index contributed by atoms with van der Waals surface area (Å²) in [5.41, 5.74) is 3.99. The van der Waals surface area contributed by atoms with Gasteiger partial charge in [0, 0.05) is 44.4 Å². The van der Waals surface area contributed by atoms with E-state index in [0.717, 1.165) is 18.9 Å². The molecule has 0 amide bonds. The summed E-state index contributed by atoms with van der Waals surface area (Å²) in [5.74, 6) is 1.05. The zero-order chi connectivity index (χ0) is 13.2. The van der Waals surface area contributed by atoms with Gasteiger partial charge in [0.2, 0.25) is 0 Å². The van der Waals surface area contributed by atoms with Gasteiger partial charge in [-0.25, -0.2) is 4.98 Å². The van der Waals surface area contributed by atoms with Crippen molar-refractivity contribution >= 4 is 11.4 Å². The molecule has 1 N–H and O–H groups in total. The molecule has 1 aliphatic heterocycles. The smallest absolute Gasteiger partial charge is 0.127 e. The Labute approximate surface area is 114 Å². The lowest BCUT2D eigenvalue weighted by atomic mass is 10.0. The molecule has 0 fully saturated rings. The van der Waals surface area contributed by atoms with Crippen molar-refractivity contribution in [3.8, 4) is 0 Å². The minimum Gasteiger partial charge on any atom is -0.378 e. The Morgan fingerprint density at radius 1 is 1.32 bits per heavy atom. The molecule has 2 heterocycles. The van der Waals surface area contributed by atoms with Crippen LogP contribution in [0.2, 0.25) is 0 Å². The molecule has 4 nitrogen and oxygen atoms in total. The summed E-state index contributed by atoms with van der Waals surface area (Å²) in [6.07, 6.45) is 6.22. The summed E-state index contributed by atoms with van der Waals surface area (Å²) in [6, 6.07) is 6.65. The van der Waals surface area contributed by atoms with Gasteiger partial charge in [0.15, 0.2) is 0 Å². The molecule has 1 aromatic heterocycles. The molecule has 0 saturated carbocycles. The molecule has 0 saturated heterocycles. The molecule has 0 spiro atoms. The number of fused-ring (bicyclic) bond motifs is 1. The van der Waals surface area contributed by atoms with E-state index in [-0.39, 0.29) is 0 Å². The van der Waals surface area contributed by atoms with Gasteiger partial charge in [-0.15, -0.1) is 0 Å². The number of hydrogen-bond donors (Lipinski definition) is 1. The van der Waals surface area contributed by atoms with E-state index in [1.807, 2.05) is 24.0 Å². The van der Waals surface area contributed by atoms with Crippen LogP contribution < -0.4 is 10.2 Å². The fourth-order valence-corrected chi connectivity index (χ4v) is 2.64. The highest BCUT2D eigenvalue weighted by Crippen LogP contribution is 2.28. The van der Waals surface area contributed by atoms with Crippen LogP contribution in [0.4, 0.5) is 11.4 Å². The standard InChI is InChI=1S/C15H20N4/c1-18-8-3-4-12-10-13(5-6-14(12)18)17-11-15-16-7-9-19(15)2/h5-7,9-10,17H,3-4,8,11H2,1-2H3. The van der Waals surface area contributed by atoms with Crippen molar-refractivity contribution in [2.45, 2.75) is 19.4 Å². The SMILES string of the molecule is CN1CCCc2cc(NCc3nccn3C)ccc21. The van der Waals surface area contributed by atoms with E-state index in [4.69, 9.17) is 0 Å². The van der Waals surface area contributed by atoms with Crippen molar-refractivity contribution < 1.29 is 0 Å². The van der Waals surface area contributed by atoms with E-state index in [9.17, 15) is 0 Å². The quantitative estimate of drug-likeness (QED) is 0.915. The lowest BCUT2D eigenvalue weighted by Gasteiger charge is -2.27. The molecule has 1 aliphatic rings. The number of rotatable bonds is 3. The van der Waals surface area contributed by atoms with Crippen LogP contribution in [0.25, 0.3) is 0 Å². The molecule has 100 valence electrons. The topological polar surface area (TPSA) is 33.1 Å². The fraction of sp³-hybridized carbons (Fsp3) is 0.400. The van der Waals surface area contributed by atoms with Crippen LogP contribution in [0.5, 0.6) is 0 Å². The summed E-state index contributed by atoms with van der Waals surface area (Å²) in [4.78, 5) is 6.66. The van der Waals surface area contributed by atoms with Crippen LogP contribution in [-0.2, 0) is 20.0 Å². The number of hydrogen-bond acceptors (Lipinski definition) is 3. The van der Waals surface area contributed by atoms with Gasteiger partial charge in [-0.1, -0.05) is 0 Å². The Kier molecular flexibility index (Phi) is 3.15. The molecular formula is C15H20N4. The van der Waals surface area contributed by atoms with Crippen LogP contribution in [0.3, 0.4) is 0 Å². The number of anilines is 2. The zero-order valence-corrected chi connectivity index (χ0v) is 11.6. The minimum atomic E-state index is 0.762. The van der Waals surface area contributed by atoms with E-state index in [1.54, 1.807) is 0 Å². The lowest BCUT2D eigenvalue weighted by Crippen LogP contribution is -2.24. The molecular weight excluding hydrogens is 236 g/mol. The van der Waals surface area contributed by atoms with Gasteiger partial charge in [0.25, 0.3) is 0 Å². The van der Waals surface area contributed by atoms with Crippen LogP contribution >= 0.6 is 0 Å². The predicted octanol–water partition coefficient (Wildman–Crippen LogP) is 2.41. The first-order valence-electron chi connectivity index (χ1n) is 6.78. The maximum atomic E-state index is 4.32. The van der Waals surface area contributed by atoms with Crippen LogP contribution in [-0.4, -0.2) is 23.1 Å². The molecule has 1 aromatic carbocycles. The summed E-state index contributed by atoms with van der Waals surface area (Å²) < 4.78 is 2.04. The first-order chi connectivity index (χ1) is 9.24. The zero-order valence-electron chi connectivity index (χ0n) is 11.6. The summed E-state index contributed by atoms with van der Waals surface area (Å²) in [6.45, 7) is 1.92. The highest BCUT2D eigenvalue weighted by molar-refractivity contribution is 5.62. The van der Waals surface area contributed by atoms with E-state index < -0.39 is 0 Å². The first-order valence-corrected chi connectivity index (χ1v) is 6.78. The predicted molar refractivity (Wildman–Crippen MR) is 78.6 cm³/mol. The largest absolute Gasteiger partial charge is 0.378 e. The Bertz CT molecular complexity index is 573. The third-order valence-electron chi connectivity index (χ3n) is 3.80. The first kappa shape index (κ1) is 12.1. The van der Waals surface area contributed by atoms with E-state index in [2.05, 4.69) is 40.4 Å². The molecule has 0 unspecified atom stereocenters. The second-order valence-electron chi connectivity index (χ2n) is 5.18. The number of aromatic nitrogens is 2. The summed E-state index contributed by atoms with van der Waals surface area (Å²) in [5, 5.41) is 3.45. The summed E-state index contributed by atoms with van der Waals surface area (Å²) >= 11 is 0. The van der Waals surface area contributed by atoms with Crippen molar-refractivity contribution in [1.29, 1.82) is 0 Å². The van der Waals surface area contributed by atoms with Crippen LogP contribution in [0, 0.1) is 0 Å². The molecule has 4 heteroatoms. The van der Waals surface area contributed by atoms with Crippen molar-refractivity contribution in [1.82, 2.24) is 9.55 Å². The van der Waals surface area contributed by atoms with E-state index in [1.165, 1.54) is 29.8 Å². The van der Waals surface area contributed by atoms with Gasteiger partial charge in [-0.05, 0) is 36.6 Å². The van der Waals surface area contributed by atoms with Gasteiger partial charge < -0.3 is 14.8 Å². The fourth-order valence-electron chi connectivity index (χ4n) is 2.64.